The highest BCUT2D eigenvalue weighted by Gasteiger charge is 2.20. The number of rotatable bonds is 5. The minimum absolute atomic E-state index is 0.0823. The molecule has 7 nitrogen and oxygen atoms in total. The molecule has 0 saturated carbocycles. The van der Waals surface area contributed by atoms with Gasteiger partial charge in [-0.2, -0.15) is 5.10 Å². The molecule has 4 N–H and O–H groups in total. The molecule has 0 aliphatic rings. The minimum atomic E-state index is -0.109. The Kier molecular flexibility index (Phi) is 5.34. The number of amides is 1. The predicted molar refractivity (Wildman–Crippen MR) is 82.2 cm³/mol. The van der Waals surface area contributed by atoms with Gasteiger partial charge in [-0.05, 0) is 17.8 Å². The number of aryl methyl sites for hydroxylation is 1. The molecule has 1 amide bonds. The zero-order valence-electron chi connectivity index (χ0n) is 13.3. The quantitative estimate of drug-likeness (QED) is 0.334. The SMILES string of the molecule is CC(CC(=O)Nc1c(C(N)=NO)cnn1C)CC(C)(C)C. The summed E-state index contributed by atoms with van der Waals surface area (Å²) >= 11 is 0. The molecule has 0 aromatic carbocycles. The standard InChI is InChI=1S/C14H25N5O2/c1-9(7-14(2,3)4)6-11(20)17-13-10(12(15)18-21)8-16-19(13)5/h8-9,21H,6-7H2,1-5H3,(H2,15,18)(H,17,20). The van der Waals surface area contributed by atoms with Gasteiger partial charge in [0.1, 0.15) is 5.82 Å². The maximum absolute atomic E-state index is 12.1. The highest BCUT2D eigenvalue weighted by molar-refractivity contribution is 6.04. The third-order valence-corrected chi connectivity index (χ3v) is 3.07. The lowest BCUT2D eigenvalue weighted by Gasteiger charge is -2.22. The summed E-state index contributed by atoms with van der Waals surface area (Å²) < 4.78 is 1.49. The molecule has 1 aromatic rings. The van der Waals surface area contributed by atoms with E-state index in [4.69, 9.17) is 10.9 Å². The number of aromatic nitrogens is 2. The van der Waals surface area contributed by atoms with Gasteiger partial charge in [0.2, 0.25) is 5.91 Å². The van der Waals surface area contributed by atoms with Crippen molar-refractivity contribution in [2.45, 2.75) is 40.5 Å². The van der Waals surface area contributed by atoms with Crippen LogP contribution in [-0.2, 0) is 11.8 Å². The highest BCUT2D eigenvalue weighted by Crippen LogP contribution is 2.26. The van der Waals surface area contributed by atoms with Crippen LogP contribution >= 0.6 is 0 Å². The fourth-order valence-electron chi connectivity index (χ4n) is 2.44. The van der Waals surface area contributed by atoms with Crippen LogP contribution in [-0.4, -0.2) is 26.7 Å². The van der Waals surface area contributed by atoms with Gasteiger partial charge < -0.3 is 16.3 Å². The predicted octanol–water partition coefficient (Wildman–Crippen LogP) is 1.92. The molecule has 7 heteroatoms. The Bertz CT molecular complexity index is 528. The van der Waals surface area contributed by atoms with Crippen molar-refractivity contribution in [3.05, 3.63) is 11.8 Å². The number of hydrogen-bond acceptors (Lipinski definition) is 4. The van der Waals surface area contributed by atoms with Crippen molar-refractivity contribution in [1.29, 1.82) is 0 Å². The Labute approximate surface area is 125 Å². The topological polar surface area (TPSA) is 106 Å². The molecular formula is C14H25N5O2. The lowest BCUT2D eigenvalue weighted by Crippen LogP contribution is -2.22. The largest absolute Gasteiger partial charge is 0.409 e. The highest BCUT2D eigenvalue weighted by atomic mass is 16.4. The van der Waals surface area contributed by atoms with Crippen molar-refractivity contribution < 1.29 is 10.0 Å². The first kappa shape index (κ1) is 17.0. The average molecular weight is 295 g/mol. The maximum Gasteiger partial charge on any atom is 0.225 e. The second-order valence-corrected chi connectivity index (χ2v) is 6.64. The van der Waals surface area contributed by atoms with Crippen LogP contribution in [0, 0.1) is 11.3 Å². The van der Waals surface area contributed by atoms with Crippen LogP contribution in [0.4, 0.5) is 5.82 Å². The third kappa shape index (κ3) is 5.09. The van der Waals surface area contributed by atoms with E-state index in [0.29, 0.717) is 17.8 Å². The first-order valence-corrected chi connectivity index (χ1v) is 6.94. The van der Waals surface area contributed by atoms with E-state index in [9.17, 15) is 4.79 Å². The summed E-state index contributed by atoms with van der Waals surface area (Å²) in [7, 11) is 1.68. The van der Waals surface area contributed by atoms with Gasteiger partial charge in [-0.25, -0.2) is 0 Å². The van der Waals surface area contributed by atoms with Crippen LogP contribution in [0.5, 0.6) is 0 Å². The van der Waals surface area contributed by atoms with Crippen LogP contribution in [0.15, 0.2) is 11.4 Å². The van der Waals surface area contributed by atoms with Crippen LogP contribution in [0.25, 0.3) is 0 Å². The molecule has 1 rings (SSSR count). The molecule has 21 heavy (non-hydrogen) atoms. The Morgan fingerprint density at radius 2 is 2.19 bits per heavy atom. The van der Waals surface area contributed by atoms with Gasteiger partial charge in [0, 0.05) is 13.5 Å². The minimum Gasteiger partial charge on any atom is -0.409 e. The summed E-state index contributed by atoms with van der Waals surface area (Å²) in [6.07, 6.45) is 2.82. The third-order valence-electron chi connectivity index (χ3n) is 3.07. The van der Waals surface area contributed by atoms with Gasteiger partial charge >= 0.3 is 0 Å². The zero-order chi connectivity index (χ0) is 16.2. The van der Waals surface area contributed by atoms with E-state index in [1.807, 2.05) is 0 Å². The van der Waals surface area contributed by atoms with Crippen molar-refractivity contribution in [2.24, 2.45) is 29.3 Å². The van der Waals surface area contributed by atoms with E-state index in [2.05, 4.69) is 43.3 Å². The first-order valence-electron chi connectivity index (χ1n) is 6.94. The molecule has 1 unspecified atom stereocenters. The molecule has 0 bridgehead atoms. The number of oxime groups is 1. The Morgan fingerprint density at radius 1 is 1.57 bits per heavy atom. The summed E-state index contributed by atoms with van der Waals surface area (Å²) in [6.45, 7) is 8.51. The summed E-state index contributed by atoms with van der Waals surface area (Å²) in [6, 6.07) is 0. The molecule has 1 heterocycles. The van der Waals surface area contributed by atoms with Crippen LogP contribution in [0.3, 0.4) is 0 Å². The van der Waals surface area contributed by atoms with Gasteiger partial charge in [-0.15, -0.1) is 0 Å². The number of carbonyl (C=O) groups is 1. The summed E-state index contributed by atoms with van der Waals surface area (Å²) in [5, 5.41) is 18.5. The van der Waals surface area contributed by atoms with E-state index in [1.54, 1.807) is 7.05 Å². The Hall–Kier alpha value is -2.05. The Morgan fingerprint density at radius 3 is 2.71 bits per heavy atom. The zero-order valence-corrected chi connectivity index (χ0v) is 13.3. The van der Waals surface area contributed by atoms with E-state index in [1.165, 1.54) is 10.9 Å². The average Bonchev–Trinajstić information content (AvgIpc) is 2.67. The van der Waals surface area contributed by atoms with Gasteiger partial charge in [-0.3, -0.25) is 9.48 Å². The van der Waals surface area contributed by atoms with Crippen molar-refractivity contribution >= 4 is 17.6 Å². The van der Waals surface area contributed by atoms with Crippen LogP contribution < -0.4 is 11.1 Å². The normalized spacial score (nSPS) is 14.0. The number of nitrogens with zero attached hydrogens (tertiary/aromatic N) is 3. The maximum atomic E-state index is 12.1. The van der Waals surface area contributed by atoms with Crippen molar-refractivity contribution in [3.8, 4) is 0 Å². The number of anilines is 1. The van der Waals surface area contributed by atoms with Crippen LogP contribution in [0.2, 0.25) is 0 Å². The van der Waals surface area contributed by atoms with Gasteiger partial charge in [0.25, 0.3) is 0 Å². The lowest BCUT2D eigenvalue weighted by molar-refractivity contribution is -0.117. The molecule has 0 aliphatic carbocycles. The number of nitrogens with one attached hydrogen (secondary N) is 1. The molecule has 0 spiro atoms. The van der Waals surface area contributed by atoms with E-state index < -0.39 is 0 Å². The van der Waals surface area contributed by atoms with Crippen molar-refractivity contribution in [3.63, 3.8) is 0 Å². The fraction of sp³-hybridized carbons (Fsp3) is 0.643. The van der Waals surface area contributed by atoms with Gasteiger partial charge in [-0.1, -0.05) is 32.9 Å². The number of nitrogens with two attached hydrogens (primary N) is 1. The first-order chi connectivity index (χ1) is 9.64. The Balaban J connectivity index is 2.74. The smallest absolute Gasteiger partial charge is 0.225 e. The van der Waals surface area contributed by atoms with Crippen molar-refractivity contribution in [2.75, 3.05) is 5.32 Å². The van der Waals surface area contributed by atoms with E-state index in [-0.39, 0.29) is 23.1 Å². The van der Waals surface area contributed by atoms with E-state index in [0.717, 1.165) is 6.42 Å². The van der Waals surface area contributed by atoms with Gasteiger partial charge in [0.15, 0.2) is 5.84 Å². The molecule has 1 atom stereocenters. The second kappa shape index (κ2) is 6.60. The molecule has 0 aliphatic heterocycles. The lowest BCUT2D eigenvalue weighted by atomic mass is 9.84. The van der Waals surface area contributed by atoms with Gasteiger partial charge in [0.05, 0.1) is 11.8 Å². The summed E-state index contributed by atoms with van der Waals surface area (Å²) in [4.78, 5) is 12.1. The number of amidine groups is 1. The molecule has 1 aromatic heterocycles. The molecular weight excluding hydrogens is 270 g/mol. The fourth-order valence-corrected chi connectivity index (χ4v) is 2.44. The number of hydrogen-bond donors (Lipinski definition) is 3. The molecule has 0 radical (unpaired) electrons. The molecule has 0 saturated heterocycles. The summed E-state index contributed by atoms with van der Waals surface area (Å²) in [5.74, 6) is 0.507. The van der Waals surface area contributed by atoms with Crippen molar-refractivity contribution in [1.82, 2.24) is 9.78 Å². The molecule has 0 fully saturated rings. The second-order valence-electron chi connectivity index (χ2n) is 6.64. The van der Waals surface area contributed by atoms with Crippen LogP contribution in [0.1, 0.15) is 46.1 Å². The number of carbonyl (C=O) groups excluding carboxylic acids is 1. The summed E-state index contributed by atoms with van der Waals surface area (Å²) in [5.41, 5.74) is 6.15. The molecule has 118 valence electrons. The van der Waals surface area contributed by atoms with E-state index >= 15 is 0 Å². The monoisotopic (exact) mass is 295 g/mol.